The third-order valence-electron chi connectivity index (χ3n) is 2.45. The number of hydrogen-bond donors (Lipinski definition) is 0. The molecule has 0 spiro atoms. The number of hydrogen-bond acceptors (Lipinski definition) is 5. The Bertz CT molecular complexity index is 623. The first-order chi connectivity index (χ1) is 9.60. The van der Waals surface area contributed by atoms with Gasteiger partial charge >= 0.3 is 11.9 Å². The fourth-order valence-corrected chi connectivity index (χ4v) is 1.55. The predicted molar refractivity (Wildman–Crippen MR) is 72.0 cm³/mol. The average Bonchev–Trinajstić information content (AvgIpc) is 2.48. The Kier molecular flexibility index (Phi) is 4.32. The van der Waals surface area contributed by atoms with Crippen LogP contribution in [-0.4, -0.2) is 24.0 Å². The molecule has 1 aromatic carbocycles. The number of methoxy groups -OCH3 is 1. The van der Waals surface area contributed by atoms with Crippen molar-refractivity contribution in [2.24, 2.45) is 0 Å². The quantitative estimate of drug-likeness (QED) is 0.494. The van der Waals surface area contributed by atoms with Crippen molar-refractivity contribution in [3.05, 3.63) is 58.9 Å². The average molecular weight is 292 g/mol. The van der Waals surface area contributed by atoms with Crippen LogP contribution in [0.5, 0.6) is 5.75 Å². The highest BCUT2D eigenvalue weighted by Crippen LogP contribution is 2.15. The molecule has 0 amide bonds. The van der Waals surface area contributed by atoms with E-state index in [2.05, 4.69) is 9.72 Å². The van der Waals surface area contributed by atoms with Crippen molar-refractivity contribution >= 4 is 23.5 Å². The zero-order chi connectivity index (χ0) is 14.5. The summed E-state index contributed by atoms with van der Waals surface area (Å²) in [6, 6.07) is 9.04. The molecule has 1 heterocycles. The van der Waals surface area contributed by atoms with Crippen molar-refractivity contribution in [1.82, 2.24) is 4.98 Å². The van der Waals surface area contributed by atoms with E-state index in [1.54, 1.807) is 0 Å². The highest BCUT2D eigenvalue weighted by atomic mass is 35.5. The molecule has 2 aromatic rings. The van der Waals surface area contributed by atoms with Crippen LogP contribution in [0.3, 0.4) is 0 Å². The summed E-state index contributed by atoms with van der Waals surface area (Å²) in [5, 5.41) is 0.295. The SMILES string of the molecule is COC(=O)c1ccc(OC(=O)c2ccc(Cl)nc2)cc1. The van der Waals surface area contributed by atoms with Crippen molar-refractivity contribution in [3.63, 3.8) is 0 Å². The minimum Gasteiger partial charge on any atom is -0.465 e. The van der Waals surface area contributed by atoms with Crippen LogP contribution in [0, 0.1) is 0 Å². The van der Waals surface area contributed by atoms with Crippen molar-refractivity contribution in [2.45, 2.75) is 0 Å². The molecule has 6 heteroatoms. The van der Waals surface area contributed by atoms with E-state index in [0.29, 0.717) is 16.5 Å². The van der Waals surface area contributed by atoms with Gasteiger partial charge in [0.25, 0.3) is 0 Å². The molecule has 0 radical (unpaired) electrons. The lowest BCUT2D eigenvalue weighted by Crippen LogP contribution is -2.09. The van der Waals surface area contributed by atoms with E-state index in [4.69, 9.17) is 16.3 Å². The Morgan fingerprint density at radius 1 is 1.00 bits per heavy atom. The van der Waals surface area contributed by atoms with E-state index in [1.165, 1.54) is 49.7 Å². The molecule has 0 aliphatic heterocycles. The predicted octanol–water partition coefficient (Wildman–Crippen LogP) is 2.74. The minimum absolute atomic E-state index is 0.284. The first-order valence-electron chi connectivity index (χ1n) is 5.62. The molecule has 0 bridgehead atoms. The van der Waals surface area contributed by atoms with Gasteiger partial charge in [-0.15, -0.1) is 0 Å². The summed E-state index contributed by atoms with van der Waals surface area (Å²) in [7, 11) is 1.30. The number of esters is 2. The summed E-state index contributed by atoms with van der Waals surface area (Å²) in [4.78, 5) is 26.8. The third-order valence-corrected chi connectivity index (χ3v) is 2.67. The maximum atomic E-state index is 11.8. The summed E-state index contributed by atoms with van der Waals surface area (Å²) >= 11 is 5.63. The van der Waals surface area contributed by atoms with Gasteiger partial charge in [-0.3, -0.25) is 0 Å². The molecule has 20 heavy (non-hydrogen) atoms. The molecule has 0 aliphatic rings. The van der Waals surface area contributed by atoms with Crippen LogP contribution in [0.4, 0.5) is 0 Å². The third kappa shape index (κ3) is 3.33. The van der Waals surface area contributed by atoms with Crippen LogP contribution >= 0.6 is 11.6 Å². The van der Waals surface area contributed by atoms with E-state index in [-0.39, 0.29) is 5.56 Å². The van der Waals surface area contributed by atoms with Crippen LogP contribution < -0.4 is 4.74 Å². The van der Waals surface area contributed by atoms with Gasteiger partial charge in [0.1, 0.15) is 10.9 Å². The molecular formula is C14H10ClNO4. The zero-order valence-corrected chi connectivity index (χ0v) is 11.3. The molecule has 0 N–H and O–H groups in total. The molecule has 1 aromatic heterocycles. The van der Waals surface area contributed by atoms with Crippen LogP contribution in [0.2, 0.25) is 5.15 Å². The fourth-order valence-electron chi connectivity index (χ4n) is 1.44. The second-order valence-corrected chi connectivity index (χ2v) is 4.16. The Hall–Kier alpha value is -2.40. The number of ether oxygens (including phenoxy) is 2. The topological polar surface area (TPSA) is 65.5 Å². The molecule has 5 nitrogen and oxygen atoms in total. The lowest BCUT2D eigenvalue weighted by molar-refractivity contribution is 0.0600. The summed E-state index contributed by atoms with van der Waals surface area (Å²) in [5.41, 5.74) is 0.659. The maximum absolute atomic E-state index is 11.8. The van der Waals surface area contributed by atoms with Crippen LogP contribution in [0.25, 0.3) is 0 Å². The van der Waals surface area contributed by atoms with Gasteiger partial charge in [0.2, 0.25) is 0 Å². The van der Waals surface area contributed by atoms with E-state index < -0.39 is 11.9 Å². The van der Waals surface area contributed by atoms with Crippen LogP contribution in [0.15, 0.2) is 42.6 Å². The van der Waals surface area contributed by atoms with E-state index in [9.17, 15) is 9.59 Å². The Labute approximate surface area is 120 Å². The van der Waals surface area contributed by atoms with E-state index >= 15 is 0 Å². The summed E-state index contributed by atoms with van der Waals surface area (Å²) in [6.45, 7) is 0. The Balaban J connectivity index is 2.08. The monoisotopic (exact) mass is 291 g/mol. The first kappa shape index (κ1) is 14.0. The number of carbonyl (C=O) groups excluding carboxylic acids is 2. The number of rotatable bonds is 3. The molecule has 0 saturated carbocycles. The summed E-state index contributed by atoms with van der Waals surface area (Å²) in [6.07, 6.45) is 1.33. The van der Waals surface area contributed by atoms with Crippen molar-refractivity contribution < 1.29 is 19.1 Å². The van der Waals surface area contributed by atoms with Crippen molar-refractivity contribution in [3.8, 4) is 5.75 Å². The fraction of sp³-hybridized carbons (Fsp3) is 0.0714. The van der Waals surface area contributed by atoms with E-state index in [0.717, 1.165) is 0 Å². The van der Waals surface area contributed by atoms with Gasteiger partial charge in [0.15, 0.2) is 0 Å². The largest absolute Gasteiger partial charge is 0.465 e. The molecular weight excluding hydrogens is 282 g/mol. The van der Waals surface area contributed by atoms with E-state index in [1.807, 2.05) is 0 Å². The van der Waals surface area contributed by atoms with Crippen LogP contribution in [0.1, 0.15) is 20.7 Å². The summed E-state index contributed by atoms with van der Waals surface area (Å²) in [5.74, 6) is -0.692. The normalized spacial score (nSPS) is 9.90. The highest BCUT2D eigenvalue weighted by Gasteiger charge is 2.10. The molecule has 0 atom stereocenters. The first-order valence-corrected chi connectivity index (χ1v) is 6.00. The number of carbonyl (C=O) groups is 2. The molecule has 0 aliphatic carbocycles. The van der Waals surface area contributed by atoms with Gasteiger partial charge in [-0.25, -0.2) is 14.6 Å². The van der Waals surface area contributed by atoms with Gasteiger partial charge in [-0.1, -0.05) is 11.6 Å². The number of benzene rings is 1. The zero-order valence-electron chi connectivity index (χ0n) is 10.5. The number of halogens is 1. The Morgan fingerprint density at radius 3 is 2.20 bits per heavy atom. The summed E-state index contributed by atoms with van der Waals surface area (Å²) < 4.78 is 9.70. The maximum Gasteiger partial charge on any atom is 0.345 e. The minimum atomic E-state index is -0.556. The van der Waals surface area contributed by atoms with Crippen molar-refractivity contribution in [1.29, 1.82) is 0 Å². The Morgan fingerprint density at radius 2 is 1.65 bits per heavy atom. The molecule has 0 unspecified atom stereocenters. The molecule has 0 fully saturated rings. The number of nitrogens with zero attached hydrogens (tertiary/aromatic N) is 1. The molecule has 2 rings (SSSR count). The van der Waals surface area contributed by atoms with Gasteiger partial charge in [0.05, 0.1) is 18.2 Å². The van der Waals surface area contributed by atoms with Gasteiger partial charge in [-0.2, -0.15) is 0 Å². The highest BCUT2D eigenvalue weighted by molar-refractivity contribution is 6.29. The van der Waals surface area contributed by atoms with Gasteiger partial charge < -0.3 is 9.47 Å². The molecule has 102 valence electrons. The second kappa shape index (κ2) is 6.16. The van der Waals surface area contributed by atoms with Crippen molar-refractivity contribution in [2.75, 3.05) is 7.11 Å². The standard InChI is InChI=1S/C14H10ClNO4/c1-19-13(17)9-2-5-11(6-3-9)20-14(18)10-4-7-12(15)16-8-10/h2-8H,1H3. The smallest absolute Gasteiger partial charge is 0.345 e. The lowest BCUT2D eigenvalue weighted by atomic mass is 10.2. The van der Waals surface area contributed by atoms with Gasteiger partial charge in [-0.05, 0) is 36.4 Å². The van der Waals surface area contributed by atoms with Crippen LogP contribution in [-0.2, 0) is 4.74 Å². The number of pyridine rings is 1. The molecule has 0 saturated heterocycles. The second-order valence-electron chi connectivity index (χ2n) is 3.78. The van der Waals surface area contributed by atoms with Gasteiger partial charge in [0, 0.05) is 6.20 Å². The number of aromatic nitrogens is 1. The lowest BCUT2D eigenvalue weighted by Gasteiger charge is -2.05.